The number of hydrogen-bond donors (Lipinski definition) is 1. The molecule has 0 saturated heterocycles. The second-order valence-electron chi connectivity index (χ2n) is 3.50. The number of nitrogens with one attached hydrogen (secondary N) is 1. The summed E-state index contributed by atoms with van der Waals surface area (Å²) < 4.78 is 54.9. The minimum Gasteiger partial charge on any atom is -0.477 e. The zero-order valence-electron chi connectivity index (χ0n) is 9.64. The van der Waals surface area contributed by atoms with Crippen LogP contribution in [0.4, 0.5) is 17.6 Å². The highest BCUT2D eigenvalue weighted by Gasteiger charge is 2.39. The van der Waals surface area contributed by atoms with Crippen molar-refractivity contribution >= 4 is 5.91 Å². The van der Waals surface area contributed by atoms with E-state index in [-0.39, 0.29) is 5.56 Å². The van der Waals surface area contributed by atoms with Gasteiger partial charge in [-0.3, -0.25) is 4.79 Å². The lowest BCUT2D eigenvalue weighted by atomic mass is 10.1. The molecule has 1 atom stereocenters. The molecule has 0 aromatic heterocycles. The van der Waals surface area contributed by atoms with Crippen LogP contribution in [0.3, 0.4) is 0 Å². The summed E-state index contributed by atoms with van der Waals surface area (Å²) in [6, 6.07) is 3.32. The second kappa shape index (κ2) is 5.24. The minimum absolute atomic E-state index is 0.284. The summed E-state index contributed by atoms with van der Waals surface area (Å²) in [7, 11) is 1.28. The molecule has 0 aliphatic rings. The van der Waals surface area contributed by atoms with E-state index in [1.807, 2.05) is 0 Å². The van der Waals surface area contributed by atoms with Crippen molar-refractivity contribution in [3.8, 4) is 5.75 Å². The Morgan fingerprint density at radius 2 is 2.00 bits per heavy atom. The molecule has 18 heavy (non-hydrogen) atoms. The standard InChI is InChI=1S/C11H11F4NO2/c1-6(11(13,14)15)18-9-7(10(17)16-2)4-3-5-8(9)12/h3-6H,1-2H3,(H,16,17). The van der Waals surface area contributed by atoms with E-state index >= 15 is 0 Å². The van der Waals surface area contributed by atoms with Crippen molar-refractivity contribution in [3.05, 3.63) is 29.6 Å². The molecule has 7 heteroatoms. The van der Waals surface area contributed by atoms with Gasteiger partial charge in [-0.15, -0.1) is 0 Å². The highest BCUT2D eigenvalue weighted by atomic mass is 19.4. The van der Waals surface area contributed by atoms with E-state index in [4.69, 9.17) is 0 Å². The van der Waals surface area contributed by atoms with Gasteiger partial charge in [0.1, 0.15) is 0 Å². The topological polar surface area (TPSA) is 38.3 Å². The van der Waals surface area contributed by atoms with E-state index in [1.54, 1.807) is 0 Å². The van der Waals surface area contributed by atoms with Crippen LogP contribution in [0.1, 0.15) is 17.3 Å². The molecule has 0 fully saturated rings. The zero-order chi connectivity index (χ0) is 13.9. The molecule has 100 valence electrons. The SMILES string of the molecule is CNC(=O)c1cccc(F)c1OC(C)C(F)(F)F. The molecule has 1 N–H and O–H groups in total. The number of halogens is 4. The fourth-order valence-electron chi connectivity index (χ4n) is 1.19. The molecule has 1 rings (SSSR count). The summed E-state index contributed by atoms with van der Waals surface area (Å²) in [4.78, 5) is 11.4. The normalized spacial score (nSPS) is 13.0. The van der Waals surface area contributed by atoms with Crippen molar-refractivity contribution < 1.29 is 27.1 Å². The van der Waals surface area contributed by atoms with Crippen molar-refractivity contribution in [2.45, 2.75) is 19.2 Å². The van der Waals surface area contributed by atoms with Crippen molar-refractivity contribution in [3.63, 3.8) is 0 Å². The number of alkyl halides is 3. The van der Waals surface area contributed by atoms with Gasteiger partial charge in [0.25, 0.3) is 5.91 Å². The third-order valence-corrected chi connectivity index (χ3v) is 2.19. The molecule has 3 nitrogen and oxygen atoms in total. The van der Waals surface area contributed by atoms with Crippen LogP contribution in [0.5, 0.6) is 5.75 Å². The third-order valence-electron chi connectivity index (χ3n) is 2.19. The van der Waals surface area contributed by atoms with E-state index in [9.17, 15) is 22.4 Å². The molecule has 1 aromatic carbocycles. The molecule has 1 amide bonds. The molecule has 0 saturated carbocycles. The lowest BCUT2D eigenvalue weighted by Crippen LogP contribution is -2.32. The maximum Gasteiger partial charge on any atom is 0.425 e. The predicted octanol–water partition coefficient (Wildman–Crippen LogP) is 2.51. The Morgan fingerprint density at radius 3 is 2.50 bits per heavy atom. The Morgan fingerprint density at radius 1 is 1.39 bits per heavy atom. The van der Waals surface area contributed by atoms with Crippen molar-refractivity contribution in [2.24, 2.45) is 0 Å². The maximum atomic E-state index is 13.4. The minimum atomic E-state index is -4.64. The average Bonchev–Trinajstić information content (AvgIpc) is 2.29. The first-order valence-electron chi connectivity index (χ1n) is 5.01. The van der Waals surface area contributed by atoms with Crippen molar-refractivity contribution in [1.29, 1.82) is 0 Å². The Kier molecular flexibility index (Phi) is 4.15. The van der Waals surface area contributed by atoms with Crippen LogP contribution in [-0.4, -0.2) is 25.2 Å². The summed E-state index contributed by atoms with van der Waals surface area (Å²) in [5, 5.41) is 2.19. The molecule has 0 spiro atoms. The number of amides is 1. The van der Waals surface area contributed by atoms with E-state index in [2.05, 4.69) is 10.1 Å². The number of carbonyl (C=O) groups excluding carboxylic acids is 1. The van der Waals surface area contributed by atoms with Gasteiger partial charge in [0.05, 0.1) is 5.56 Å². The van der Waals surface area contributed by atoms with Crippen LogP contribution < -0.4 is 10.1 Å². The van der Waals surface area contributed by atoms with Gasteiger partial charge >= 0.3 is 6.18 Å². The third kappa shape index (κ3) is 3.12. The Hall–Kier alpha value is -1.79. The largest absolute Gasteiger partial charge is 0.477 e. The number of para-hydroxylation sites is 1. The molecule has 1 unspecified atom stereocenters. The lowest BCUT2D eigenvalue weighted by molar-refractivity contribution is -0.189. The van der Waals surface area contributed by atoms with Crippen LogP contribution in [0.25, 0.3) is 0 Å². The molecular formula is C11H11F4NO2. The van der Waals surface area contributed by atoms with Gasteiger partial charge in [-0.05, 0) is 19.1 Å². The number of carbonyl (C=O) groups is 1. The van der Waals surface area contributed by atoms with Gasteiger partial charge < -0.3 is 10.1 Å². The van der Waals surface area contributed by atoms with Gasteiger partial charge in [-0.25, -0.2) is 4.39 Å². The second-order valence-corrected chi connectivity index (χ2v) is 3.50. The number of ether oxygens (including phenoxy) is 1. The summed E-state index contributed by atoms with van der Waals surface area (Å²) in [5.41, 5.74) is -0.284. The fraction of sp³-hybridized carbons (Fsp3) is 0.364. The first-order valence-corrected chi connectivity index (χ1v) is 5.01. The molecule has 1 aromatic rings. The first-order chi connectivity index (χ1) is 8.27. The highest BCUT2D eigenvalue weighted by Crippen LogP contribution is 2.29. The Bertz CT molecular complexity index is 445. The van der Waals surface area contributed by atoms with Crippen LogP contribution >= 0.6 is 0 Å². The van der Waals surface area contributed by atoms with Crippen LogP contribution in [0.15, 0.2) is 18.2 Å². The molecule has 0 heterocycles. The molecule has 0 aliphatic heterocycles. The Balaban J connectivity index is 3.11. The molecule has 0 aliphatic carbocycles. The van der Waals surface area contributed by atoms with E-state index in [0.717, 1.165) is 13.0 Å². The molecular weight excluding hydrogens is 254 g/mol. The zero-order valence-corrected chi connectivity index (χ0v) is 9.64. The van der Waals surface area contributed by atoms with E-state index < -0.39 is 29.8 Å². The van der Waals surface area contributed by atoms with Gasteiger partial charge in [-0.1, -0.05) is 6.07 Å². The average molecular weight is 265 g/mol. The fourth-order valence-corrected chi connectivity index (χ4v) is 1.19. The van der Waals surface area contributed by atoms with Gasteiger partial charge in [-0.2, -0.15) is 13.2 Å². The predicted molar refractivity (Wildman–Crippen MR) is 55.9 cm³/mol. The van der Waals surface area contributed by atoms with Crippen LogP contribution in [0.2, 0.25) is 0 Å². The first kappa shape index (κ1) is 14.3. The van der Waals surface area contributed by atoms with Crippen molar-refractivity contribution in [1.82, 2.24) is 5.32 Å². The van der Waals surface area contributed by atoms with E-state index in [1.165, 1.54) is 19.2 Å². The quantitative estimate of drug-likeness (QED) is 0.853. The highest BCUT2D eigenvalue weighted by molar-refractivity contribution is 5.96. The summed E-state index contributed by atoms with van der Waals surface area (Å²) >= 11 is 0. The molecule has 0 bridgehead atoms. The van der Waals surface area contributed by atoms with Gasteiger partial charge in [0, 0.05) is 7.05 Å². The monoisotopic (exact) mass is 265 g/mol. The summed E-state index contributed by atoms with van der Waals surface area (Å²) in [6.45, 7) is 0.736. The number of rotatable bonds is 3. The molecule has 0 radical (unpaired) electrons. The van der Waals surface area contributed by atoms with Gasteiger partial charge in [0.2, 0.25) is 0 Å². The lowest BCUT2D eigenvalue weighted by Gasteiger charge is -2.19. The van der Waals surface area contributed by atoms with Crippen LogP contribution in [0, 0.1) is 5.82 Å². The Labute approximate surface area is 101 Å². The number of hydrogen-bond acceptors (Lipinski definition) is 2. The van der Waals surface area contributed by atoms with Crippen molar-refractivity contribution in [2.75, 3.05) is 7.05 Å². The summed E-state index contributed by atoms with van der Waals surface area (Å²) in [5.74, 6) is -2.45. The smallest absolute Gasteiger partial charge is 0.425 e. The van der Waals surface area contributed by atoms with Gasteiger partial charge in [0.15, 0.2) is 17.7 Å². The number of benzene rings is 1. The van der Waals surface area contributed by atoms with E-state index in [0.29, 0.717) is 0 Å². The summed E-state index contributed by atoms with van der Waals surface area (Å²) in [6.07, 6.45) is -6.85. The van der Waals surface area contributed by atoms with Crippen LogP contribution in [-0.2, 0) is 0 Å². The maximum absolute atomic E-state index is 13.4.